The number of carbonyl (C=O) groups is 2. The quantitative estimate of drug-likeness (QED) is 0.794. The number of esters is 1. The van der Waals surface area contributed by atoms with Crippen LogP contribution in [0.1, 0.15) is 29.8 Å². The second-order valence-corrected chi connectivity index (χ2v) is 5.24. The Morgan fingerprint density at radius 3 is 2.33 bits per heavy atom. The van der Waals surface area contributed by atoms with Crippen LogP contribution in [0.3, 0.4) is 0 Å². The van der Waals surface area contributed by atoms with Crippen LogP contribution in [0.5, 0.6) is 5.75 Å². The van der Waals surface area contributed by atoms with E-state index in [-0.39, 0.29) is 5.91 Å². The molecule has 0 spiro atoms. The molecule has 24 heavy (non-hydrogen) atoms. The highest BCUT2D eigenvalue weighted by Crippen LogP contribution is 2.15. The molecule has 5 heteroatoms. The molecule has 0 aromatic heterocycles. The van der Waals surface area contributed by atoms with E-state index < -0.39 is 12.1 Å². The van der Waals surface area contributed by atoms with E-state index >= 15 is 0 Å². The highest BCUT2D eigenvalue weighted by Gasteiger charge is 2.18. The van der Waals surface area contributed by atoms with E-state index in [9.17, 15) is 9.59 Å². The van der Waals surface area contributed by atoms with Crippen molar-refractivity contribution in [3.05, 3.63) is 65.7 Å². The summed E-state index contributed by atoms with van der Waals surface area (Å²) in [7, 11) is 0. The molecule has 2 aromatic rings. The molecule has 1 atom stereocenters. The molecular formula is C19H21NO4. The molecule has 0 saturated carbocycles. The lowest BCUT2D eigenvalue weighted by atomic mass is 10.2. The SMILES string of the molecule is CCNC(=O)[C@H](C)OC(=O)c1ccc(OCc2ccccc2)cc1. The number of hydrogen-bond acceptors (Lipinski definition) is 4. The van der Waals surface area contributed by atoms with Crippen molar-refractivity contribution in [1.82, 2.24) is 5.32 Å². The molecule has 0 unspecified atom stereocenters. The van der Waals surface area contributed by atoms with Gasteiger partial charge in [-0.15, -0.1) is 0 Å². The van der Waals surface area contributed by atoms with E-state index in [1.165, 1.54) is 0 Å². The van der Waals surface area contributed by atoms with Gasteiger partial charge in [0.1, 0.15) is 12.4 Å². The van der Waals surface area contributed by atoms with E-state index in [4.69, 9.17) is 9.47 Å². The Morgan fingerprint density at radius 1 is 1.04 bits per heavy atom. The molecule has 0 radical (unpaired) electrons. The van der Waals surface area contributed by atoms with E-state index in [2.05, 4.69) is 5.32 Å². The molecule has 0 aliphatic rings. The first-order valence-corrected chi connectivity index (χ1v) is 7.85. The van der Waals surface area contributed by atoms with Gasteiger partial charge in [-0.05, 0) is 43.7 Å². The van der Waals surface area contributed by atoms with Crippen LogP contribution in [0.15, 0.2) is 54.6 Å². The minimum Gasteiger partial charge on any atom is -0.489 e. The van der Waals surface area contributed by atoms with Gasteiger partial charge in [0.2, 0.25) is 0 Å². The molecule has 0 bridgehead atoms. The second-order valence-electron chi connectivity index (χ2n) is 5.24. The molecule has 0 aliphatic carbocycles. The molecule has 1 N–H and O–H groups in total. The maximum absolute atomic E-state index is 12.0. The maximum Gasteiger partial charge on any atom is 0.338 e. The van der Waals surface area contributed by atoms with E-state index in [0.29, 0.717) is 24.5 Å². The van der Waals surface area contributed by atoms with Gasteiger partial charge in [-0.2, -0.15) is 0 Å². The van der Waals surface area contributed by atoms with Crippen LogP contribution in [0.2, 0.25) is 0 Å². The van der Waals surface area contributed by atoms with Crippen molar-refractivity contribution in [1.29, 1.82) is 0 Å². The molecule has 2 rings (SSSR count). The number of ether oxygens (including phenoxy) is 2. The van der Waals surface area contributed by atoms with Crippen LogP contribution in [0.4, 0.5) is 0 Å². The van der Waals surface area contributed by atoms with Gasteiger partial charge in [0, 0.05) is 6.54 Å². The van der Waals surface area contributed by atoms with Crippen molar-refractivity contribution < 1.29 is 19.1 Å². The molecule has 0 aliphatic heterocycles. The Balaban J connectivity index is 1.89. The lowest BCUT2D eigenvalue weighted by Gasteiger charge is -2.13. The Kier molecular flexibility index (Phi) is 6.37. The summed E-state index contributed by atoms with van der Waals surface area (Å²) >= 11 is 0. The monoisotopic (exact) mass is 327 g/mol. The van der Waals surface area contributed by atoms with Crippen LogP contribution in [0, 0.1) is 0 Å². The largest absolute Gasteiger partial charge is 0.489 e. The van der Waals surface area contributed by atoms with Crippen molar-refractivity contribution >= 4 is 11.9 Å². The van der Waals surface area contributed by atoms with Crippen LogP contribution >= 0.6 is 0 Å². The molecule has 126 valence electrons. The third-order valence-electron chi connectivity index (χ3n) is 3.34. The zero-order chi connectivity index (χ0) is 17.4. The van der Waals surface area contributed by atoms with Crippen molar-refractivity contribution in [2.24, 2.45) is 0 Å². The van der Waals surface area contributed by atoms with Gasteiger partial charge in [0.05, 0.1) is 5.56 Å². The Morgan fingerprint density at radius 2 is 1.71 bits per heavy atom. The van der Waals surface area contributed by atoms with E-state index in [1.54, 1.807) is 38.1 Å². The molecular weight excluding hydrogens is 306 g/mol. The summed E-state index contributed by atoms with van der Waals surface area (Å²) in [6, 6.07) is 16.5. The minimum atomic E-state index is -0.827. The van der Waals surface area contributed by atoms with Crippen molar-refractivity contribution in [3.63, 3.8) is 0 Å². The number of likely N-dealkylation sites (N-methyl/N-ethyl adjacent to an activating group) is 1. The third-order valence-corrected chi connectivity index (χ3v) is 3.34. The molecule has 0 fully saturated rings. The van der Waals surface area contributed by atoms with E-state index in [0.717, 1.165) is 5.56 Å². The summed E-state index contributed by atoms with van der Waals surface area (Å²) in [6.45, 7) is 4.30. The van der Waals surface area contributed by atoms with Crippen LogP contribution < -0.4 is 10.1 Å². The fraction of sp³-hybridized carbons (Fsp3) is 0.263. The normalized spacial score (nSPS) is 11.4. The Labute approximate surface area is 141 Å². The van der Waals surface area contributed by atoms with Gasteiger partial charge in [-0.1, -0.05) is 30.3 Å². The summed E-state index contributed by atoms with van der Waals surface area (Å²) < 4.78 is 10.8. The van der Waals surface area contributed by atoms with Gasteiger partial charge < -0.3 is 14.8 Å². The lowest BCUT2D eigenvalue weighted by Crippen LogP contribution is -2.35. The number of amides is 1. The van der Waals surface area contributed by atoms with Gasteiger partial charge in [0.25, 0.3) is 5.91 Å². The van der Waals surface area contributed by atoms with Gasteiger partial charge in [0.15, 0.2) is 6.10 Å². The highest BCUT2D eigenvalue weighted by molar-refractivity contribution is 5.92. The summed E-state index contributed by atoms with van der Waals surface area (Å²) in [5.74, 6) is -0.191. The summed E-state index contributed by atoms with van der Waals surface area (Å²) in [6.07, 6.45) is -0.827. The number of rotatable bonds is 7. The summed E-state index contributed by atoms with van der Waals surface area (Å²) in [5.41, 5.74) is 1.44. The highest BCUT2D eigenvalue weighted by atomic mass is 16.5. The summed E-state index contributed by atoms with van der Waals surface area (Å²) in [4.78, 5) is 23.6. The number of nitrogens with one attached hydrogen (secondary N) is 1. The molecule has 1 amide bonds. The molecule has 0 saturated heterocycles. The fourth-order valence-corrected chi connectivity index (χ4v) is 2.03. The van der Waals surface area contributed by atoms with Crippen LogP contribution in [0.25, 0.3) is 0 Å². The summed E-state index contributed by atoms with van der Waals surface area (Å²) in [5, 5.41) is 2.61. The third kappa shape index (κ3) is 5.12. The van der Waals surface area contributed by atoms with E-state index in [1.807, 2.05) is 30.3 Å². The number of benzene rings is 2. The molecule has 5 nitrogen and oxygen atoms in total. The number of hydrogen-bond donors (Lipinski definition) is 1. The van der Waals surface area contributed by atoms with Gasteiger partial charge >= 0.3 is 5.97 Å². The first kappa shape index (κ1) is 17.5. The van der Waals surface area contributed by atoms with Crippen LogP contribution in [-0.4, -0.2) is 24.5 Å². The average molecular weight is 327 g/mol. The number of carbonyl (C=O) groups excluding carboxylic acids is 2. The van der Waals surface area contributed by atoms with Crippen molar-refractivity contribution in [2.45, 2.75) is 26.6 Å². The Bertz CT molecular complexity index is 668. The zero-order valence-electron chi connectivity index (χ0n) is 13.8. The smallest absolute Gasteiger partial charge is 0.338 e. The predicted molar refractivity (Wildman–Crippen MR) is 90.8 cm³/mol. The fourth-order valence-electron chi connectivity index (χ4n) is 2.03. The molecule has 2 aromatic carbocycles. The van der Waals surface area contributed by atoms with Gasteiger partial charge in [-0.25, -0.2) is 4.79 Å². The van der Waals surface area contributed by atoms with Crippen molar-refractivity contribution in [2.75, 3.05) is 6.54 Å². The van der Waals surface area contributed by atoms with Crippen LogP contribution in [-0.2, 0) is 16.1 Å². The zero-order valence-corrected chi connectivity index (χ0v) is 13.8. The second kappa shape index (κ2) is 8.72. The topological polar surface area (TPSA) is 64.6 Å². The van der Waals surface area contributed by atoms with Gasteiger partial charge in [-0.3, -0.25) is 4.79 Å². The standard InChI is InChI=1S/C19H21NO4/c1-3-20-18(21)14(2)24-19(22)16-9-11-17(12-10-16)23-13-15-7-5-4-6-8-15/h4-12,14H,3,13H2,1-2H3,(H,20,21)/t14-/m0/s1. The lowest BCUT2D eigenvalue weighted by molar-refractivity contribution is -0.128. The minimum absolute atomic E-state index is 0.311. The first-order chi connectivity index (χ1) is 11.6. The predicted octanol–water partition coefficient (Wildman–Crippen LogP) is 2.95. The van der Waals surface area contributed by atoms with Crippen molar-refractivity contribution in [3.8, 4) is 5.75 Å². The average Bonchev–Trinajstić information content (AvgIpc) is 2.61. The Hall–Kier alpha value is -2.82. The first-order valence-electron chi connectivity index (χ1n) is 7.85. The maximum atomic E-state index is 12.0. The molecule has 0 heterocycles.